The number of nitrogens with one attached hydrogen (secondary N) is 1. The van der Waals surface area contributed by atoms with Crippen LogP contribution < -0.4 is 11.1 Å². The monoisotopic (exact) mass is 316 g/mol. The van der Waals surface area contributed by atoms with Crippen LogP contribution >= 0.6 is 0 Å². The van der Waals surface area contributed by atoms with Gasteiger partial charge in [-0.2, -0.15) is 0 Å². The summed E-state index contributed by atoms with van der Waals surface area (Å²) in [6.45, 7) is 0.536. The molecule has 1 aliphatic heterocycles. The van der Waals surface area contributed by atoms with Gasteiger partial charge in [0.25, 0.3) is 0 Å². The summed E-state index contributed by atoms with van der Waals surface area (Å²) < 4.78 is 18.4. The maximum atomic E-state index is 12.9. The molecule has 1 aromatic carbocycles. The number of anilines is 1. The maximum absolute atomic E-state index is 12.9. The molecule has 2 atom stereocenters. The van der Waals surface area contributed by atoms with Gasteiger partial charge in [0.2, 0.25) is 5.91 Å². The van der Waals surface area contributed by atoms with Crippen LogP contribution in [0, 0.1) is 5.82 Å². The van der Waals surface area contributed by atoms with E-state index in [1.54, 1.807) is 18.2 Å². The highest BCUT2D eigenvalue weighted by atomic mass is 19.1. The number of nitrogens with zero attached hydrogens (tertiary/aromatic N) is 2. The van der Waals surface area contributed by atoms with Crippen LogP contribution in [-0.4, -0.2) is 34.9 Å². The SMILES string of the molecule is NC(=O)C1CCC(CNc2ccc(-c3ccc(F)cc3)nn2)O1. The molecule has 120 valence electrons. The molecule has 0 saturated carbocycles. The number of nitrogens with two attached hydrogens (primary N) is 1. The van der Waals surface area contributed by atoms with Crippen molar-refractivity contribution in [3.8, 4) is 11.3 Å². The first-order valence-corrected chi connectivity index (χ1v) is 7.40. The molecule has 2 unspecified atom stereocenters. The van der Waals surface area contributed by atoms with Crippen LogP contribution in [-0.2, 0) is 9.53 Å². The minimum Gasteiger partial charge on any atom is -0.367 e. The molecular weight excluding hydrogens is 299 g/mol. The molecule has 3 N–H and O–H groups in total. The minimum absolute atomic E-state index is 0.0638. The van der Waals surface area contributed by atoms with Crippen molar-refractivity contribution in [2.75, 3.05) is 11.9 Å². The Bertz CT molecular complexity index is 675. The summed E-state index contributed by atoms with van der Waals surface area (Å²) in [7, 11) is 0. The second-order valence-electron chi connectivity index (χ2n) is 5.42. The number of aromatic nitrogens is 2. The van der Waals surface area contributed by atoms with Gasteiger partial charge in [-0.25, -0.2) is 4.39 Å². The topological polar surface area (TPSA) is 90.1 Å². The van der Waals surface area contributed by atoms with Gasteiger partial charge < -0.3 is 15.8 Å². The van der Waals surface area contributed by atoms with E-state index in [4.69, 9.17) is 10.5 Å². The Morgan fingerprint density at radius 1 is 1.22 bits per heavy atom. The summed E-state index contributed by atoms with van der Waals surface area (Å²) in [6, 6.07) is 9.69. The number of benzene rings is 1. The Hall–Kier alpha value is -2.54. The molecule has 0 aliphatic carbocycles. The smallest absolute Gasteiger partial charge is 0.246 e. The van der Waals surface area contributed by atoms with Crippen molar-refractivity contribution in [2.24, 2.45) is 5.73 Å². The van der Waals surface area contributed by atoms with Gasteiger partial charge >= 0.3 is 0 Å². The van der Waals surface area contributed by atoms with E-state index in [1.165, 1.54) is 12.1 Å². The molecular formula is C16H17FN4O2. The van der Waals surface area contributed by atoms with Gasteiger partial charge in [0.1, 0.15) is 17.7 Å². The maximum Gasteiger partial charge on any atom is 0.246 e. The molecule has 7 heteroatoms. The average Bonchev–Trinajstić information content (AvgIpc) is 3.04. The molecule has 1 amide bonds. The third-order valence-corrected chi connectivity index (χ3v) is 3.74. The molecule has 3 rings (SSSR count). The standard InChI is InChI=1S/C16H17FN4O2/c17-11-3-1-10(2-4-11)13-6-8-15(21-20-13)19-9-12-5-7-14(23-12)16(18)22/h1-4,6,8,12,14H,5,7,9H2,(H2,18,22)(H,19,21). The lowest BCUT2D eigenvalue weighted by Crippen LogP contribution is -2.30. The first-order chi connectivity index (χ1) is 11.1. The lowest BCUT2D eigenvalue weighted by Gasteiger charge is -2.12. The number of hydrogen-bond donors (Lipinski definition) is 2. The number of carbonyl (C=O) groups is 1. The molecule has 0 bridgehead atoms. The fraction of sp³-hybridized carbons (Fsp3) is 0.312. The highest BCUT2D eigenvalue weighted by molar-refractivity contribution is 5.79. The fourth-order valence-electron chi connectivity index (χ4n) is 2.48. The summed E-state index contributed by atoms with van der Waals surface area (Å²) in [6.07, 6.45) is 0.873. The van der Waals surface area contributed by atoms with Crippen LogP contribution in [0.3, 0.4) is 0 Å². The third kappa shape index (κ3) is 3.81. The Kier molecular flexibility index (Phi) is 4.47. The van der Waals surface area contributed by atoms with E-state index in [9.17, 15) is 9.18 Å². The first kappa shape index (κ1) is 15.4. The molecule has 1 aliphatic rings. The van der Waals surface area contributed by atoms with E-state index < -0.39 is 12.0 Å². The second kappa shape index (κ2) is 6.70. The quantitative estimate of drug-likeness (QED) is 0.876. The van der Waals surface area contributed by atoms with Gasteiger partial charge in [0.15, 0.2) is 0 Å². The van der Waals surface area contributed by atoms with Crippen molar-refractivity contribution in [3.05, 3.63) is 42.2 Å². The van der Waals surface area contributed by atoms with Gasteiger partial charge in [0, 0.05) is 12.1 Å². The molecule has 2 aromatic rings. The zero-order chi connectivity index (χ0) is 16.2. The summed E-state index contributed by atoms with van der Waals surface area (Å²) in [5, 5.41) is 11.3. The van der Waals surface area contributed by atoms with E-state index in [0.717, 1.165) is 12.0 Å². The predicted molar refractivity (Wildman–Crippen MR) is 83.0 cm³/mol. The lowest BCUT2D eigenvalue weighted by molar-refractivity contribution is -0.128. The van der Waals surface area contributed by atoms with E-state index in [1.807, 2.05) is 6.07 Å². The number of hydrogen-bond acceptors (Lipinski definition) is 5. The molecule has 0 spiro atoms. The van der Waals surface area contributed by atoms with E-state index >= 15 is 0 Å². The summed E-state index contributed by atoms with van der Waals surface area (Å²) in [4.78, 5) is 11.0. The van der Waals surface area contributed by atoms with E-state index in [0.29, 0.717) is 24.5 Å². The molecule has 6 nitrogen and oxygen atoms in total. The molecule has 1 aromatic heterocycles. The third-order valence-electron chi connectivity index (χ3n) is 3.74. The van der Waals surface area contributed by atoms with Crippen LogP contribution in [0.25, 0.3) is 11.3 Å². The van der Waals surface area contributed by atoms with Crippen molar-refractivity contribution in [3.63, 3.8) is 0 Å². The van der Waals surface area contributed by atoms with Gasteiger partial charge in [-0.05, 0) is 49.2 Å². The van der Waals surface area contributed by atoms with Gasteiger partial charge in [-0.1, -0.05) is 0 Å². The highest BCUT2D eigenvalue weighted by Gasteiger charge is 2.28. The Morgan fingerprint density at radius 2 is 2.00 bits per heavy atom. The number of carbonyl (C=O) groups excluding carboxylic acids is 1. The number of primary amides is 1. The van der Waals surface area contributed by atoms with Crippen molar-refractivity contribution in [1.29, 1.82) is 0 Å². The van der Waals surface area contributed by atoms with Crippen molar-refractivity contribution < 1.29 is 13.9 Å². The van der Waals surface area contributed by atoms with Crippen molar-refractivity contribution in [2.45, 2.75) is 25.0 Å². The molecule has 0 radical (unpaired) electrons. The Labute approximate surface area is 132 Å². The Morgan fingerprint density at radius 3 is 2.61 bits per heavy atom. The summed E-state index contributed by atoms with van der Waals surface area (Å²) in [5.41, 5.74) is 6.69. The van der Waals surface area contributed by atoms with Crippen molar-refractivity contribution >= 4 is 11.7 Å². The summed E-state index contributed by atoms with van der Waals surface area (Å²) >= 11 is 0. The normalized spacial score (nSPS) is 20.4. The first-order valence-electron chi connectivity index (χ1n) is 7.40. The Balaban J connectivity index is 1.56. The predicted octanol–water partition coefficient (Wildman–Crippen LogP) is 1.73. The molecule has 1 saturated heterocycles. The van der Waals surface area contributed by atoms with Crippen LogP contribution in [0.4, 0.5) is 10.2 Å². The number of rotatable bonds is 5. The molecule has 2 heterocycles. The second-order valence-corrected chi connectivity index (χ2v) is 5.42. The highest BCUT2D eigenvalue weighted by Crippen LogP contribution is 2.20. The number of halogens is 1. The average molecular weight is 316 g/mol. The van der Waals surface area contributed by atoms with Crippen molar-refractivity contribution in [1.82, 2.24) is 10.2 Å². The van der Waals surface area contributed by atoms with Gasteiger partial charge in [-0.3, -0.25) is 4.79 Å². The number of ether oxygens (including phenoxy) is 1. The van der Waals surface area contributed by atoms with Gasteiger partial charge in [0.05, 0.1) is 11.8 Å². The molecule has 23 heavy (non-hydrogen) atoms. The fourth-order valence-corrected chi connectivity index (χ4v) is 2.48. The van der Waals surface area contributed by atoms with E-state index in [-0.39, 0.29) is 11.9 Å². The zero-order valence-corrected chi connectivity index (χ0v) is 12.4. The van der Waals surface area contributed by atoms with Crippen LogP contribution in [0.2, 0.25) is 0 Å². The molecule has 1 fully saturated rings. The lowest BCUT2D eigenvalue weighted by atomic mass is 10.1. The zero-order valence-electron chi connectivity index (χ0n) is 12.4. The van der Waals surface area contributed by atoms with E-state index in [2.05, 4.69) is 15.5 Å². The van der Waals surface area contributed by atoms with Crippen LogP contribution in [0.5, 0.6) is 0 Å². The van der Waals surface area contributed by atoms with Gasteiger partial charge in [-0.15, -0.1) is 10.2 Å². The summed E-state index contributed by atoms with van der Waals surface area (Å²) in [5.74, 6) is -0.0937. The van der Waals surface area contributed by atoms with Crippen LogP contribution in [0.15, 0.2) is 36.4 Å². The minimum atomic E-state index is -0.492. The number of amides is 1. The largest absolute Gasteiger partial charge is 0.367 e. The van der Waals surface area contributed by atoms with Crippen LogP contribution in [0.1, 0.15) is 12.8 Å².